The molecule has 0 saturated heterocycles. The van der Waals surface area contributed by atoms with E-state index in [1.165, 1.54) is 11.3 Å². The molecule has 0 aliphatic heterocycles. The Morgan fingerprint density at radius 3 is 2.85 bits per heavy atom. The van der Waals surface area contributed by atoms with Crippen molar-refractivity contribution in [3.63, 3.8) is 0 Å². The number of nitriles is 1. The molecule has 0 aliphatic rings. The van der Waals surface area contributed by atoms with Crippen LogP contribution in [0.15, 0.2) is 29.6 Å². The average molecular weight is 288 g/mol. The minimum absolute atomic E-state index is 0.270. The van der Waals surface area contributed by atoms with Crippen LogP contribution in [-0.4, -0.2) is 10.9 Å². The van der Waals surface area contributed by atoms with Crippen LogP contribution in [0.5, 0.6) is 5.75 Å². The first kappa shape index (κ1) is 14.0. The van der Waals surface area contributed by atoms with Crippen LogP contribution < -0.4 is 16.0 Å². The zero-order valence-electron chi connectivity index (χ0n) is 10.5. The summed E-state index contributed by atoms with van der Waals surface area (Å²) in [7, 11) is 0. The highest BCUT2D eigenvalue weighted by atomic mass is 32.1. The number of nitrogens with one attached hydrogen (secondary N) is 1. The van der Waals surface area contributed by atoms with Crippen LogP contribution in [0.3, 0.4) is 0 Å². The fourth-order valence-electron chi connectivity index (χ4n) is 1.49. The molecular weight excluding hydrogens is 276 g/mol. The van der Waals surface area contributed by atoms with E-state index < -0.39 is 5.91 Å². The molecule has 20 heavy (non-hydrogen) atoms. The Morgan fingerprint density at radius 1 is 1.45 bits per heavy atom. The second-order valence-corrected chi connectivity index (χ2v) is 4.74. The monoisotopic (exact) mass is 288 g/mol. The number of nitrogen functional groups attached to an aromatic ring is 1. The van der Waals surface area contributed by atoms with Crippen molar-refractivity contribution in [2.75, 3.05) is 0 Å². The van der Waals surface area contributed by atoms with Crippen molar-refractivity contribution in [3.05, 3.63) is 45.9 Å². The smallest absolute Gasteiger partial charge is 0.294 e. The van der Waals surface area contributed by atoms with Gasteiger partial charge in [0.05, 0.1) is 18.2 Å². The van der Waals surface area contributed by atoms with Crippen molar-refractivity contribution in [2.45, 2.75) is 13.0 Å². The number of rotatable bonds is 5. The maximum Gasteiger partial charge on any atom is 0.294 e. The molecule has 0 radical (unpaired) electrons. The van der Waals surface area contributed by atoms with Crippen LogP contribution in [0.1, 0.15) is 21.1 Å². The molecule has 7 heteroatoms. The molecular formula is C13H12N4O2S. The Kier molecular flexibility index (Phi) is 4.65. The summed E-state index contributed by atoms with van der Waals surface area (Å²) in [5.41, 5.74) is 3.63. The molecule has 102 valence electrons. The SMILES string of the molecule is N#CCc1ccc(OCc2csc(C(=O)NN)n2)cc1. The van der Waals surface area contributed by atoms with E-state index in [0.29, 0.717) is 22.9 Å². The van der Waals surface area contributed by atoms with Gasteiger partial charge in [0.15, 0.2) is 5.01 Å². The van der Waals surface area contributed by atoms with Gasteiger partial charge in [-0.2, -0.15) is 5.26 Å². The van der Waals surface area contributed by atoms with E-state index >= 15 is 0 Å². The van der Waals surface area contributed by atoms with Gasteiger partial charge in [-0.25, -0.2) is 10.8 Å². The Bertz CT molecular complexity index is 631. The molecule has 0 bridgehead atoms. The van der Waals surface area contributed by atoms with E-state index in [9.17, 15) is 4.79 Å². The van der Waals surface area contributed by atoms with Crippen LogP contribution in [-0.2, 0) is 13.0 Å². The Balaban J connectivity index is 1.93. The summed E-state index contributed by atoms with van der Waals surface area (Å²) < 4.78 is 5.55. The fraction of sp³-hybridized carbons (Fsp3) is 0.154. The number of hydrogen-bond donors (Lipinski definition) is 2. The first-order chi connectivity index (χ1) is 9.72. The molecule has 0 atom stereocenters. The quantitative estimate of drug-likeness (QED) is 0.492. The molecule has 2 aromatic rings. The minimum atomic E-state index is -0.415. The lowest BCUT2D eigenvalue weighted by molar-refractivity contribution is 0.0953. The van der Waals surface area contributed by atoms with Gasteiger partial charge < -0.3 is 4.74 Å². The highest BCUT2D eigenvalue weighted by Crippen LogP contribution is 2.16. The molecule has 1 heterocycles. The molecule has 1 aromatic carbocycles. The summed E-state index contributed by atoms with van der Waals surface area (Å²) in [6.45, 7) is 0.270. The van der Waals surface area contributed by atoms with Gasteiger partial charge in [0.1, 0.15) is 12.4 Å². The van der Waals surface area contributed by atoms with E-state index in [-0.39, 0.29) is 6.61 Å². The lowest BCUT2D eigenvalue weighted by Gasteiger charge is -2.04. The summed E-state index contributed by atoms with van der Waals surface area (Å²) >= 11 is 1.21. The number of nitrogens with zero attached hydrogens (tertiary/aromatic N) is 2. The number of carbonyl (C=O) groups is 1. The number of carbonyl (C=O) groups excluding carboxylic acids is 1. The van der Waals surface area contributed by atoms with Crippen LogP contribution in [0.4, 0.5) is 0 Å². The number of hydrazine groups is 1. The standard InChI is InChI=1S/C13H12N4O2S/c14-6-5-9-1-3-11(4-2-9)19-7-10-8-20-13(16-10)12(18)17-15/h1-4,8H,5,7,15H2,(H,17,18). The molecule has 0 fully saturated rings. The number of aromatic nitrogens is 1. The number of benzene rings is 1. The average Bonchev–Trinajstić information content (AvgIpc) is 2.95. The topological polar surface area (TPSA) is 101 Å². The lowest BCUT2D eigenvalue weighted by Crippen LogP contribution is -2.29. The second-order valence-electron chi connectivity index (χ2n) is 3.88. The summed E-state index contributed by atoms with van der Waals surface area (Å²) in [5.74, 6) is 5.30. The van der Waals surface area contributed by atoms with E-state index in [1.807, 2.05) is 17.6 Å². The second kappa shape index (κ2) is 6.65. The summed E-state index contributed by atoms with van der Waals surface area (Å²) in [4.78, 5) is 15.3. The third kappa shape index (κ3) is 3.54. The van der Waals surface area contributed by atoms with Crippen molar-refractivity contribution in [2.24, 2.45) is 5.84 Å². The molecule has 6 nitrogen and oxygen atoms in total. The maximum atomic E-state index is 11.2. The van der Waals surface area contributed by atoms with E-state index in [1.54, 1.807) is 17.5 Å². The highest BCUT2D eigenvalue weighted by Gasteiger charge is 2.09. The molecule has 0 spiro atoms. The fourth-order valence-corrected chi connectivity index (χ4v) is 2.20. The summed E-state index contributed by atoms with van der Waals surface area (Å²) in [6, 6.07) is 9.36. The van der Waals surface area contributed by atoms with E-state index in [0.717, 1.165) is 5.56 Å². The largest absolute Gasteiger partial charge is 0.487 e. The number of ether oxygens (including phenoxy) is 1. The van der Waals surface area contributed by atoms with Gasteiger partial charge in [-0.1, -0.05) is 12.1 Å². The van der Waals surface area contributed by atoms with Gasteiger partial charge in [0, 0.05) is 5.38 Å². The number of thiazole rings is 1. The zero-order valence-corrected chi connectivity index (χ0v) is 11.3. The molecule has 1 amide bonds. The Morgan fingerprint density at radius 2 is 2.20 bits per heavy atom. The van der Waals surface area contributed by atoms with E-state index in [2.05, 4.69) is 11.1 Å². The molecule has 3 N–H and O–H groups in total. The first-order valence-electron chi connectivity index (χ1n) is 5.77. The number of nitrogens with two attached hydrogens (primary N) is 1. The summed E-state index contributed by atoms with van der Waals surface area (Å²) in [5, 5.41) is 10.6. The molecule has 0 unspecified atom stereocenters. The van der Waals surface area contributed by atoms with Gasteiger partial charge >= 0.3 is 0 Å². The zero-order chi connectivity index (χ0) is 14.4. The van der Waals surface area contributed by atoms with Gasteiger partial charge in [-0.15, -0.1) is 11.3 Å². The molecule has 2 rings (SSSR count). The Labute approximate surface area is 119 Å². The maximum absolute atomic E-state index is 11.2. The molecule has 0 aliphatic carbocycles. The summed E-state index contributed by atoms with van der Waals surface area (Å²) in [6.07, 6.45) is 0.379. The van der Waals surface area contributed by atoms with Crippen LogP contribution in [0.25, 0.3) is 0 Å². The molecule has 0 saturated carbocycles. The Hall–Kier alpha value is -2.43. The van der Waals surface area contributed by atoms with Crippen molar-refractivity contribution < 1.29 is 9.53 Å². The third-order valence-electron chi connectivity index (χ3n) is 2.47. The van der Waals surface area contributed by atoms with Crippen LogP contribution >= 0.6 is 11.3 Å². The van der Waals surface area contributed by atoms with Crippen LogP contribution in [0.2, 0.25) is 0 Å². The highest BCUT2D eigenvalue weighted by molar-refractivity contribution is 7.11. The predicted octanol–water partition coefficient (Wildman–Crippen LogP) is 1.39. The van der Waals surface area contributed by atoms with E-state index in [4.69, 9.17) is 15.8 Å². The minimum Gasteiger partial charge on any atom is -0.487 e. The van der Waals surface area contributed by atoms with Crippen molar-refractivity contribution in [1.29, 1.82) is 5.26 Å². The lowest BCUT2D eigenvalue weighted by atomic mass is 10.2. The number of amides is 1. The van der Waals surface area contributed by atoms with Gasteiger partial charge in [-0.05, 0) is 17.7 Å². The van der Waals surface area contributed by atoms with Crippen molar-refractivity contribution in [1.82, 2.24) is 10.4 Å². The predicted molar refractivity (Wildman–Crippen MR) is 73.9 cm³/mol. The van der Waals surface area contributed by atoms with Crippen LogP contribution in [0, 0.1) is 11.3 Å². The third-order valence-corrected chi connectivity index (χ3v) is 3.36. The van der Waals surface area contributed by atoms with Gasteiger partial charge in [0.2, 0.25) is 0 Å². The first-order valence-corrected chi connectivity index (χ1v) is 6.65. The van der Waals surface area contributed by atoms with Gasteiger partial charge in [0.25, 0.3) is 5.91 Å². The normalized spacial score (nSPS) is 9.80. The van der Waals surface area contributed by atoms with Crippen molar-refractivity contribution >= 4 is 17.2 Å². The number of hydrogen-bond acceptors (Lipinski definition) is 6. The van der Waals surface area contributed by atoms with Gasteiger partial charge in [-0.3, -0.25) is 10.2 Å². The van der Waals surface area contributed by atoms with Crippen molar-refractivity contribution in [3.8, 4) is 11.8 Å². The molecule has 1 aromatic heterocycles.